The lowest BCUT2D eigenvalue weighted by molar-refractivity contribution is 0.00159. The number of benzene rings is 2. The Morgan fingerprint density at radius 2 is 1.84 bits per heavy atom. The van der Waals surface area contributed by atoms with Crippen molar-refractivity contribution in [3.8, 4) is 12.1 Å². The van der Waals surface area contributed by atoms with Crippen molar-refractivity contribution < 1.29 is 31.4 Å². The highest BCUT2D eigenvalue weighted by atomic mass is 35.5. The number of hydrogen-bond acceptors (Lipinski definition) is 8. The summed E-state index contributed by atoms with van der Waals surface area (Å²) >= 11 is 5.99. The quantitative estimate of drug-likeness (QED) is 0.610. The molecule has 168 valence electrons. The van der Waals surface area contributed by atoms with Crippen molar-refractivity contribution in [2.75, 3.05) is 19.7 Å². The molecule has 2 N–H and O–H groups in total. The van der Waals surface area contributed by atoms with Crippen LogP contribution in [0.4, 0.5) is 4.39 Å². The van der Waals surface area contributed by atoms with Gasteiger partial charge in [0.1, 0.15) is 27.6 Å². The maximum atomic E-state index is 14.0. The van der Waals surface area contributed by atoms with Crippen LogP contribution in [-0.4, -0.2) is 61.9 Å². The highest BCUT2D eigenvalue weighted by Gasteiger charge is 2.55. The summed E-state index contributed by atoms with van der Waals surface area (Å²) in [6, 6.07) is 9.26. The van der Waals surface area contributed by atoms with Gasteiger partial charge in [0.2, 0.25) is 10.0 Å². The van der Waals surface area contributed by atoms with Gasteiger partial charge in [0, 0.05) is 13.1 Å². The Balaban J connectivity index is 2.04. The van der Waals surface area contributed by atoms with Crippen molar-refractivity contribution in [1.29, 1.82) is 10.5 Å². The molecule has 0 amide bonds. The Morgan fingerprint density at radius 3 is 2.38 bits per heavy atom. The third-order valence-electron chi connectivity index (χ3n) is 5.14. The van der Waals surface area contributed by atoms with Crippen molar-refractivity contribution in [3.63, 3.8) is 0 Å². The second-order valence-electron chi connectivity index (χ2n) is 7.10. The molecule has 9 nitrogen and oxygen atoms in total. The minimum Gasteiger partial charge on any atom is -0.393 e. The normalized spacial score (nSPS) is 21.8. The molecule has 0 bridgehead atoms. The van der Waals surface area contributed by atoms with Crippen LogP contribution in [0.15, 0.2) is 46.2 Å². The first-order valence-corrected chi connectivity index (χ1v) is 12.2. The number of rotatable bonds is 5. The number of nitriles is 2. The molecule has 2 atom stereocenters. The maximum absolute atomic E-state index is 14.0. The molecule has 1 heterocycles. The average molecular weight is 500 g/mol. The van der Waals surface area contributed by atoms with E-state index < -0.39 is 71.6 Å². The first kappa shape index (κ1) is 24.1. The van der Waals surface area contributed by atoms with Gasteiger partial charge < -0.3 is 10.2 Å². The van der Waals surface area contributed by atoms with Gasteiger partial charge in [-0.1, -0.05) is 11.6 Å². The predicted octanol–water partition coefficient (Wildman–Crippen LogP) is 0.793. The summed E-state index contributed by atoms with van der Waals surface area (Å²) in [5.41, 5.74) is -2.69. The zero-order valence-electron chi connectivity index (χ0n) is 16.1. The van der Waals surface area contributed by atoms with Crippen molar-refractivity contribution in [2.45, 2.75) is 20.6 Å². The Kier molecular flexibility index (Phi) is 6.32. The average Bonchev–Trinajstić information content (AvgIpc) is 3.13. The van der Waals surface area contributed by atoms with Crippen LogP contribution in [0.25, 0.3) is 0 Å². The first-order chi connectivity index (χ1) is 14.9. The molecular formula is C19H15ClFN3O6S2. The molecule has 1 fully saturated rings. The van der Waals surface area contributed by atoms with E-state index in [-0.39, 0.29) is 10.6 Å². The van der Waals surface area contributed by atoms with Crippen LogP contribution in [0.5, 0.6) is 0 Å². The first-order valence-electron chi connectivity index (χ1n) is 8.87. The van der Waals surface area contributed by atoms with Gasteiger partial charge in [0.25, 0.3) is 0 Å². The van der Waals surface area contributed by atoms with Crippen LogP contribution in [0.1, 0.15) is 11.1 Å². The van der Waals surface area contributed by atoms with E-state index >= 15 is 0 Å². The zero-order valence-corrected chi connectivity index (χ0v) is 18.5. The van der Waals surface area contributed by atoms with Crippen LogP contribution in [0.3, 0.4) is 0 Å². The molecule has 1 aliphatic rings. The minimum absolute atomic E-state index is 0.102. The fraction of sp³-hybridized carbons (Fsp3) is 0.263. The number of nitrogens with zero attached hydrogens (tertiary/aromatic N) is 3. The summed E-state index contributed by atoms with van der Waals surface area (Å²) < 4.78 is 67.0. The third kappa shape index (κ3) is 3.97. The lowest BCUT2D eigenvalue weighted by Gasteiger charge is -2.26. The van der Waals surface area contributed by atoms with Crippen molar-refractivity contribution in [1.82, 2.24) is 4.31 Å². The van der Waals surface area contributed by atoms with E-state index in [1.165, 1.54) is 6.07 Å². The molecule has 0 aromatic heterocycles. The molecule has 0 saturated carbocycles. The third-order valence-corrected chi connectivity index (χ3v) is 9.68. The standard InChI is InChI=1S/C19H15ClFN3O6S2/c20-15-5-12(7-22)1-4-17(15)32(29,30)24-9-18(19(26,10-24)11-25)31(27,28)14-3-2-13(8-23)16(21)6-14/h1-6,18,25-26H,9-11H2/t18-,19+/m0/s1. The SMILES string of the molecule is N#Cc1ccc(S(=O)(=O)N2C[C@H](S(=O)(=O)c3ccc(C#N)c(F)c3)[C@](O)(CO)C2)c(Cl)c1. The largest absolute Gasteiger partial charge is 0.393 e. The van der Waals surface area contributed by atoms with E-state index in [1.54, 1.807) is 12.1 Å². The van der Waals surface area contributed by atoms with Gasteiger partial charge in [-0.05, 0) is 36.4 Å². The van der Waals surface area contributed by atoms with Crippen LogP contribution < -0.4 is 0 Å². The van der Waals surface area contributed by atoms with Crippen molar-refractivity contribution in [2.24, 2.45) is 0 Å². The molecule has 1 saturated heterocycles. The summed E-state index contributed by atoms with van der Waals surface area (Å²) in [6.07, 6.45) is 0. The number of hydrogen-bond donors (Lipinski definition) is 2. The van der Waals surface area contributed by atoms with Gasteiger partial charge in [-0.15, -0.1) is 0 Å². The molecule has 3 rings (SSSR count). The minimum atomic E-state index is -4.54. The maximum Gasteiger partial charge on any atom is 0.244 e. The summed E-state index contributed by atoms with van der Waals surface area (Å²) in [4.78, 5) is -0.998. The van der Waals surface area contributed by atoms with Crippen molar-refractivity contribution >= 4 is 31.5 Å². The molecule has 32 heavy (non-hydrogen) atoms. The van der Waals surface area contributed by atoms with Gasteiger partial charge in [0.15, 0.2) is 9.84 Å². The molecule has 13 heteroatoms. The molecule has 2 aromatic rings. The fourth-order valence-corrected chi connectivity index (χ4v) is 7.48. The molecule has 0 unspecified atom stereocenters. The van der Waals surface area contributed by atoms with Crippen LogP contribution in [0.2, 0.25) is 5.02 Å². The van der Waals surface area contributed by atoms with E-state index in [0.717, 1.165) is 24.3 Å². The highest BCUT2D eigenvalue weighted by molar-refractivity contribution is 7.92. The number of sulfone groups is 1. The Hall–Kier alpha value is -2.58. The predicted molar refractivity (Wildman–Crippen MR) is 109 cm³/mol. The monoisotopic (exact) mass is 499 g/mol. The van der Waals surface area contributed by atoms with E-state index in [2.05, 4.69) is 0 Å². The Bertz CT molecular complexity index is 1380. The van der Waals surface area contributed by atoms with Crippen molar-refractivity contribution in [3.05, 3.63) is 58.4 Å². The van der Waals surface area contributed by atoms with Gasteiger partial charge >= 0.3 is 0 Å². The highest BCUT2D eigenvalue weighted by Crippen LogP contribution is 2.36. The van der Waals surface area contributed by atoms with E-state index in [0.29, 0.717) is 10.4 Å². The Labute approximate surface area is 188 Å². The molecular weight excluding hydrogens is 485 g/mol. The lowest BCUT2D eigenvalue weighted by Crippen LogP contribution is -2.49. The molecule has 2 aromatic carbocycles. The van der Waals surface area contributed by atoms with Crippen LogP contribution in [0, 0.1) is 28.5 Å². The second kappa shape index (κ2) is 8.41. The smallest absolute Gasteiger partial charge is 0.244 e. The van der Waals surface area contributed by atoms with Gasteiger partial charge in [-0.3, -0.25) is 0 Å². The fourth-order valence-electron chi connectivity index (χ4n) is 3.39. The van der Waals surface area contributed by atoms with Gasteiger partial charge in [-0.2, -0.15) is 14.8 Å². The van der Waals surface area contributed by atoms with E-state index in [9.17, 15) is 31.4 Å². The molecule has 0 spiro atoms. The summed E-state index contributed by atoms with van der Waals surface area (Å²) in [6.45, 7) is -2.62. The van der Waals surface area contributed by atoms with E-state index in [4.69, 9.17) is 22.1 Å². The van der Waals surface area contributed by atoms with E-state index in [1.807, 2.05) is 0 Å². The number of aliphatic hydroxyl groups is 2. The zero-order chi connectivity index (χ0) is 23.9. The lowest BCUT2D eigenvalue weighted by atomic mass is 10.1. The molecule has 0 aliphatic carbocycles. The van der Waals surface area contributed by atoms with Crippen LogP contribution >= 0.6 is 11.6 Å². The van der Waals surface area contributed by atoms with Gasteiger partial charge in [0.05, 0.1) is 33.7 Å². The second-order valence-corrected chi connectivity index (χ2v) is 11.5. The van der Waals surface area contributed by atoms with Crippen LogP contribution in [-0.2, 0) is 19.9 Å². The molecule has 0 radical (unpaired) electrons. The number of aliphatic hydroxyl groups excluding tert-OH is 1. The topological polar surface area (TPSA) is 160 Å². The number of sulfonamides is 1. The van der Waals surface area contributed by atoms with Gasteiger partial charge in [-0.25, -0.2) is 21.2 Å². The summed E-state index contributed by atoms with van der Waals surface area (Å²) in [7, 11) is -8.97. The summed E-state index contributed by atoms with van der Waals surface area (Å²) in [5.74, 6) is -1.10. The Morgan fingerprint density at radius 1 is 1.16 bits per heavy atom. The number of β-amino-alcohol motifs (C(OH)–C–C–N with tert-alkyl or cyclic N) is 1. The summed E-state index contributed by atoms with van der Waals surface area (Å²) in [5, 5.41) is 36.1. The molecule has 1 aliphatic heterocycles. The number of halogens is 2.